The summed E-state index contributed by atoms with van der Waals surface area (Å²) in [6.07, 6.45) is 4.94. The van der Waals surface area contributed by atoms with Gasteiger partial charge in [-0.1, -0.05) is 35.8 Å². The number of nitrogens with one attached hydrogen (secondary N) is 1. The molecule has 2 heterocycles. The van der Waals surface area contributed by atoms with E-state index in [1.54, 1.807) is 6.20 Å². The lowest BCUT2D eigenvalue weighted by molar-refractivity contribution is -0.116. The van der Waals surface area contributed by atoms with Crippen LogP contribution < -0.4 is 5.32 Å². The molecule has 1 N–H and O–H groups in total. The summed E-state index contributed by atoms with van der Waals surface area (Å²) in [5, 5.41) is 7.99. The minimum atomic E-state index is -0.121. The molecule has 1 aromatic carbocycles. The Morgan fingerprint density at radius 3 is 3.04 bits per heavy atom. The molecule has 6 nitrogen and oxygen atoms in total. The highest BCUT2D eigenvalue weighted by molar-refractivity contribution is 7.15. The van der Waals surface area contributed by atoms with Crippen LogP contribution in [0, 0.1) is 0 Å². The molecule has 3 rings (SSSR count). The van der Waals surface area contributed by atoms with E-state index in [1.807, 2.05) is 24.3 Å². The number of amides is 1. The van der Waals surface area contributed by atoms with Crippen LogP contribution in [-0.2, 0) is 24.1 Å². The normalized spacial score (nSPS) is 10.8. The van der Waals surface area contributed by atoms with E-state index in [0.717, 1.165) is 29.7 Å². The molecule has 136 valence electrons. The molecule has 0 fully saturated rings. The van der Waals surface area contributed by atoms with Gasteiger partial charge in [0.2, 0.25) is 11.8 Å². The molecule has 0 aliphatic heterocycles. The van der Waals surface area contributed by atoms with Gasteiger partial charge in [-0.05, 0) is 24.1 Å². The fraction of sp³-hybridized carbons (Fsp3) is 0.333. The zero-order valence-corrected chi connectivity index (χ0v) is 15.9. The first-order valence-corrected chi connectivity index (χ1v) is 9.62. The average molecular weight is 391 g/mol. The summed E-state index contributed by atoms with van der Waals surface area (Å²) in [6.45, 7) is 2.05. The first kappa shape index (κ1) is 18.5. The average Bonchev–Trinajstić information content (AvgIpc) is 3.23. The van der Waals surface area contributed by atoms with Gasteiger partial charge in [-0.3, -0.25) is 4.79 Å². The van der Waals surface area contributed by atoms with Gasteiger partial charge in [0, 0.05) is 41.8 Å². The van der Waals surface area contributed by atoms with E-state index in [1.165, 1.54) is 11.3 Å². The maximum Gasteiger partial charge on any atom is 0.227 e. The molecule has 26 heavy (non-hydrogen) atoms. The van der Waals surface area contributed by atoms with Gasteiger partial charge in [-0.2, -0.15) is 4.98 Å². The number of rotatable bonds is 8. The molecule has 3 aromatic rings. The number of thiazole rings is 1. The predicted octanol–water partition coefficient (Wildman–Crippen LogP) is 4.29. The third kappa shape index (κ3) is 5.37. The number of anilines is 1. The molecular formula is C18H19ClN4O2S. The number of nitrogens with zero attached hydrogens (tertiary/aromatic N) is 3. The van der Waals surface area contributed by atoms with Crippen LogP contribution in [0.15, 0.2) is 35.0 Å². The van der Waals surface area contributed by atoms with Crippen molar-refractivity contribution in [3.05, 3.63) is 57.6 Å². The lowest BCUT2D eigenvalue weighted by atomic mass is 10.1. The number of halogens is 1. The maximum absolute atomic E-state index is 12.1. The molecule has 1 amide bonds. The Morgan fingerprint density at radius 1 is 1.35 bits per heavy atom. The topological polar surface area (TPSA) is 80.9 Å². The van der Waals surface area contributed by atoms with Crippen molar-refractivity contribution in [2.75, 3.05) is 5.32 Å². The molecule has 0 aliphatic rings. The number of benzene rings is 1. The molecule has 0 atom stereocenters. The molecule has 0 saturated heterocycles. The summed E-state index contributed by atoms with van der Waals surface area (Å²) in [5.41, 5.74) is 1.11. The lowest BCUT2D eigenvalue weighted by Gasteiger charge is -2.00. The van der Waals surface area contributed by atoms with Crippen LogP contribution in [0.25, 0.3) is 0 Å². The van der Waals surface area contributed by atoms with Gasteiger partial charge in [0.15, 0.2) is 11.0 Å². The van der Waals surface area contributed by atoms with Crippen LogP contribution in [0.3, 0.4) is 0 Å². The Bertz CT molecular complexity index is 877. The van der Waals surface area contributed by atoms with Crippen molar-refractivity contribution in [3.63, 3.8) is 0 Å². The highest BCUT2D eigenvalue weighted by atomic mass is 35.5. The van der Waals surface area contributed by atoms with E-state index in [0.29, 0.717) is 28.3 Å². The summed E-state index contributed by atoms with van der Waals surface area (Å²) in [7, 11) is 0. The predicted molar refractivity (Wildman–Crippen MR) is 102 cm³/mol. The maximum atomic E-state index is 12.1. The van der Waals surface area contributed by atoms with Gasteiger partial charge in [-0.25, -0.2) is 4.98 Å². The molecule has 0 spiro atoms. The summed E-state index contributed by atoms with van der Waals surface area (Å²) in [5.74, 6) is 1.06. The lowest BCUT2D eigenvalue weighted by Crippen LogP contribution is -2.12. The summed E-state index contributed by atoms with van der Waals surface area (Å²) in [4.78, 5) is 21.7. The Hall–Kier alpha value is -2.25. The summed E-state index contributed by atoms with van der Waals surface area (Å²) >= 11 is 7.46. The number of carbonyl (C=O) groups is 1. The van der Waals surface area contributed by atoms with Crippen LogP contribution in [0.1, 0.15) is 41.9 Å². The van der Waals surface area contributed by atoms with Crippen molar-refractivity contribution in [1.29, 1.82) is 0 Å². The van der Waals surface area contributed by atoms with Crippen LogP contribution in [0.4, 0.5) is 5.13 Å². The Labute approximate surface area is 160 Å². The third-order valence-electron chi connectivity index (χ3n) is 3.62. The number of hydrogen-bond donors (Lipinski definition) is 1. The van der Waals surface area contributed by atoms with Gasteiger partial charge in [0.1, 0.15) is 0 Å². The molecule has 0 bridgehead atoms. The van der Waals surface area contributed by atoms with Crippen LogP contribution in [0.5, 0.6) is 0 Å². The van der Waals surface area contributed by atoms with Crippen molar-refractivity contribution < 1.29 is 9.32 Å². The fourth-order valence-electron chi connectivity index (χ4n) is 2.41. The Balaban J connectivity index is 1.49. The van der Waals surface area contributed by atoms with Gasteiger partial charge in [0.05, 0.1) is 0 Å². The van der Waals surface area contributed by atoms with Crippen molar-refractivity contribution in [2.24, 2.45) is 0 Å². The van der Waals surface area contributed by atoms with E-state index >= 15 is 0 Å². The van der Waals surface area contributed by atoms with Gasteiger partial charge in [-0.15, -0.1) is 11.3 Å². The van der Waals surface area contributed by atoms with E-state index in [2.05, 4.69) is 27.4 Å². The highest BCUT2D eigenvalue weighted by Crippen LogP contribution is 2.22. The van der Waals surface area contributed by atoms with Crippen molar-refractivity contribution in [3.8, 4) is 0 Å². The van der Waals surface area contributed by atoms with Crippen LogP contribution in [-0.4, -0.2) is 21.0 Å². The van der Waals surface area contributed by atoms with Crippen LogP contribution in [0.2, 0.25) is 5.02 Å². The van der Waals surface area contributed by atoms with E-state index in [4.69, 9.17) is 16.1 Å². The van der Waals surface area contributed by atoms with Gasteiger partial charge in [0.25, 0.3) is 0 Å². The standard InChI is InChI=1S/C18H19ClN4O2S/c1-2-4-15-21-17(25-23-15)8-7-16(24)22-18-20-11-14(26-18)10-12-5-3-6-13(19)9-12/h3,5-6,9,11H,2,4,7-8,10H2,1H3,(H,20,22,24). The zero-order chi connectivity index (χ0) is 18.4. The Morgan fingerprint density at radius 2 is 2.23 bits per heavy atom. The minimum absolute atomic E-state index is 0.121. The van der Waals surface area contributed by atoms with Gasteiger partial charge >= 0.3 is 0 Å². The van der Waals surface area contributed by atoms with E-state index < -0.39 is 0 Å². The van der Waals surface area contributed by atoms with E-state index in [-0.39, 0.29) is 12.3 Å². The minimum Gasteiger partial charge on any atom is -0.339 e. The number of aromatic nitrogens is 3. The van der Waals surface area contributed by atoms with Crippen molar-refractivity contribution in [1.82, 2.24) is 15.1 Å². The number of aryl methyl sites for hydroxylation is 2. The molecule has 0 radical (unpaired) electrons. The summed E-state index contributed by atoms with van der Waals surface area (Å²) in [6, 6.07) is 7.71. The van der Waals surface area contributed by atoms with Crippen molar-refractivity contribution >= 4 is 34.0 Å². The molecule has 8 heteroatoms. The third-order valence-corrected chi connectivity index (χ3v) is 4.76. The molecule has 0 unspecified atom stereocenters. The largest absolute Gasteiger partial charge is 0.339 e. The second-order valence-corrected chi connectivity index (χ2v) is 7.39. The Kier molecular flexibility index (Phi) is 6.35. The second-order valence-electron chi connectivity index (χ2n) is 5.84. The number of carbonyl (C=O) groups excluding carboxylic acids is 1. The SMILES string of the molecule is CCCc1noc(CCC(=O)Nc2ncc(Cc3cccc(Cl)c3)s2)n1. The van der Waals surface area contributed by atoms with Crippen molar-refractivity contribution in [2.45, 2.75) is 39.0 Å². The molecular weight excluding hydrogens is 372 g/mol. The van der Waals surface area contributed by atoms with Crippen LogP contribution >= 0.6 is 22.9 Å². The zero-order valence-electron chi connectivity index (χ0n) is 14.4. The number of hydrogen-bond acceptors (Lipinski definition) is 6. The quantitative estimate of drug-likeness (QED) is 0.620. The monoisotopic (exact) mass is 390 g/mol. The van der Waals surface area contributed by atoms with E-state index in [9.17, 15) is 4.79 Å². The smallest absolute Gasteiger partial charge is 0.227 e. The fourth-order valence-corrected chi connectivity index (χ4v) is 3.49. The summed E-state index contributed by atoms with van der Waals surface area (Å²) < 4.78 is 5.13. The first-order valence-electron chi connectivity index (χ1n) is 8.43. The second kappa shape index (κ2) is 8.91. The molecule has 0 saturated carbocycles. The highest BCUT2D eigenvalue weighted by Gasteiger charge is 2.11. The van der Waals surface area contributed by atoms with Gasteiger partial charge < -0.3 is 9.84 Å². The molecule has 0 aliphatic carbocycles. The molecule has 2 aromatic heterocycles. The first-order chi connectivity index (χ1) is 12.6.